The number of hydrogen-bond acceptors (Lipinski definition) is 5. The van der Waals surface area contributed by atoms with Crippen LogP contribution in [0.15, 0.2) is 42.5 Å². The SMILES string of the molecule is CCCCC(=O)Nc1cccc(NC(=S)NC(=O)c2ccc([N+](=O)[O-])cc2Cl)c1. The molecule has 2 rings (SSSR count). The van der Waals surface area contributed by atoms with Crippen molar-refractivity contribution in [3.8, 4) is 0 Å². The molecule has 2 aromatic carbocycles. The molecule has 0 aliphatic heterocycles. The Morgan fingerprint density at radius 2 is 1.83 bits per heavy atom. The molecule has 0 unspecified atom stereocenters. The normalized spacial score (nSPS) is 10.1. The van der Waals surface area contributed by atoms with E-state index in [9.17, 15) is 19.7 Å². The van der Waals surface area contributed by atoms with Gasteiger partial charge < -0.3 is 10.6 Å². The minimum Gasteiger partial charge on any atom is -0.332 e. The Bertz CT molecular complexity index is 952. The van der Waals surface area contributed by atoms with Crippen molar-refractivity contribution < 1.29 is 14.5 Å². The zero-order chi connectivity index (χ0) is 21.4. The third-order valence-electron chi connectivity index (χ3n) is 3.80. The lowest BCUT2D eigenvalue weighted by Gasteiger charge is -2.12. The van der Waals surface area contributed by atoms with Crippen LogP contribution in [0.25, 0.3) is 0 Å². The summed E-state index contributed by atoms with van der Waals surface area (Å²) < 4.78 is 0. The van der Waals surface area contributed by atoms with E-state index in [-0.39, 0.29) is 27.3 Å². The van der Waals surface area contributed by atoms with Crippen LogP contribution in [0.4, 0.5) is 17.1 Å². The predicted octanol–water partition coefficient (Wildman–Crippen LogP) is 4.50. The first-order valence-electron chi connectivity index (χ1n) is 8.76. The number of carbonyl (C=O) groups is 2. The maximum absolute atomic E-state index is 12.3. The first kappa shape index (κ1) is 22.3. The summed E-state index contributed by atoms with van der Waals surface area (Å²) in [6, 6.07) is 10.4. The number of rotatable bonds is 7. The second-order valence-corrected chi connectivity index (χ2v) is 6.88. The Labute approximate surface area is 177 Å². The van der Waals surface area contributed by atoms with Crippen molar-refractivity contribution in [1.82, 2.24) is 5.32 Å². The second kappa shape index (κ2) is 10.5. The van der Waals surface area contributed by atoms with Crippen LogP contribution in [-0.4, -0.2) is 21.9 Å². The van der Waals surface area contributed by atoms with Crippen LogP contribution >= 0.6 is 23.8 Å². The van der Waals surface area contributed by atoms with Gasteiger partial charge in [-0.2, -0.15) is 0 Å². The number of carbonyl (C=O) groups excluding carboxylic acids is 2. The number of nitro benzene ring substituents is 1. The van der Waals surface area contributed by atoms with Crippen LogP contribution in [0.1, 0.15) is 36.5 Å². The van der Waals surface area contributed by atoms with Gasteiger partial charge >= 0.3 is 0 Å². The fourth-order valence-electron chi connectivity index (χ4n) is 2.37. The highest BCUT2D eigenvalue weighted by Gasteiger charge is 2.16. The number of halogens is 1. The molecule has 0 aromatic heterocycles. The number of unbranched alkanes of at least 4 members (excludes halogenated alkanes) is 1. The zero-order valence-corrected chi connectivity index (χ0v) is 17.1. The average molecular weight is 435 g/mol. The second-order valence-electron chi connectivity index (χ2n) is 6.06. The van der Waals surface area contributed by atoms with Crippen LogP contribution in [0.2, 0.25) is 5.02 Å². The van der Waals surface area contributed by atoms with Gasteiger partial charge in [0.05, 0.1) is 15.5 Å². The molecule has 3 N–H and O–H groups in total. The molecule has 0 aliphatic carbocycles. The predicted molar refractivity (Wildman–Crippen MR) is 116 cm³/mol. The average Bonchev–Trinajstić information content (AvgIpc) is 2.66. The lowest BCUT2D eigenvalue weighted by atomic mass is 10.2. The fraction of sp³-hybridized carbons (Fsp3) is 0.211. The molecule has 0 heterocycles. The number of amides is 2. The smallest absolute Gasteiger partial charge is 0.270 e. The van der Waals surface area contributed by atoms with Crippen molar-refractivity contribution in [3.05, 3.63) is 63.2 Å². The largest absolute Gasteiger partial charge is 0.332 e. The van der Waals surface area contributed by atoms with E-state index in [1.807, 2.05) is 6.92 Å². The van der Waals surface area contributed by atoms with Crippen LogP contribution in [0, 0.1) is 10.1 Å². The molecule has 152 valence electrons. The highest BCUT2D eigenvalue weighted by atomic mass is 35.5. The molecule has 2 amide bonds. The zero-order valence-electron chi connectivity index (χ0n) is 15.5. The van der Waals surface area contributed by atoms with Gasteiger partial charge in [-0.15, -0.1) is 0 Å². The van der Waals surface area contributed by atoms with Gasteiger partial charge in [-0.25, -0.2) is 0 Å². The number of thiocarbonyl (C=S) groups is 1. The first-order chi connectivity index (χ1) is 13.8. The molecule has 0 fully saturated rings. The molecule has 0 saturated carbocycles. The Morgan fingerprint density at radius 1 is 1.14 bits per heavy atom. The van der Waals surface area contributed by atoms with Crippen LogP contribution < -0.4 is 16.0 Å². The molecule has 8 nitrogen and oxygen atoms in total. The van der Waals surface area contributed by atoms with E-state index in [4.69, 9.17) is 23.8 Å². The molecule has 0 atom stereocenters. The van der Waals surface area contributed by atoms with Crippen molar-refractivity contribution in [2.24, 2.45) is 0 Å². The minimum atomic E-state index is -0.605. The van der Waals surface area contributed by atoms with Gasteiger partial charge in [-0.05, 0) is 42.9 Å². The van der Waals surface area contributed by atoms with Crippen LogP contribution in [0.5, 0.6) is 0 Å². The molecule has 0 bridgehead atoms. The van der Waals surface area contributed by atoms with Crippen LogP contribution in [-0.2, 0) is 4.79 Å². The number of anilines is 2. The topological polar surface area (TPSA) is 113 Å². The molecule has 0 radical (unpaired) electrons. The number of nitro groups is 1. The maximum atomic E-state index is 12.3. The molecular weight excluding hydrogens is 416 g/mol. The first-order valence-corrected chi connectivity index (χ1v) is 9.55. The molecule has 0 spiro atoms. The van der Waals surface area contributed by atoms with Gasteiger partial charge in [0, 0.05) is 29.9 Å². The van der Waals surface area contributed by atoms with E-state index >= 15 is 0 Å². The fourth-order valence-corrected chi connectivity index (χ4v) is 2.84. The monoisotopic (exact) mass is 434 g/mol. The van der Waals surface area contributed by atoms with Gasteiger partial charge in [0.15, 0.2) is 5.11 Å². The quantitative estimate of drug-likeness (QED) is 0.336. The summed E-state index contributed by atoms with van der Waals surface area (Å²) in [6.07, 6.45) is 2.19. The standard InChI is InChI=1S/C19H19ClN4O4S/c1-2-3-7-17(25)21-12-5-4-6-13(10-12)22-19(29)23-18(26)15-9-8-14(24(27)28)11-16(15)20/h4-6,8-11H,2-3,7H2,1H3,(H,21,25)(H2,22,23,26,29). The van der Waals surface area contributed by atoms with Crippen molar-refractivity contribution in [1.29, 1.82) is 0 Å². The summed E-state index contributed by atoms with van der Waals surface area (Å²) in [6.45, 7) is 2.01. The lowest BCUT2D eigenvalue weighted by Crippen LogP contribution is -2.34. The van der Waals surface area contributed by atoms with Gasteiger partial charge in [0.1, 0.15) is 0 Å². The van der Waals surface area contributed by atoms with E-state index in [1.54, 1.807) is 24.3 Å². The molecule has 0 saturated heterocycles. The van der Waals surface area contributed by atoms with E-state index in [0.29, 0.717) is 17.8 Å². The van der Waals surface area contributed by atoms with Gasteiger partial charge in [-0.3, -0.25) is 25.0 Å². The Hall–Kier alpha value is -3.04. The number of nitrogens with one attached hydrogen (secondary N) is 3. The number of hydrogen-bond donors (Lipinski definition) is 3. The van der Waals surface area contributed by atoms with E-state index in [1.165, 1.54) is 12.1 Å². The van der Waals surface area contributed by atoms with E-state index in [2.05, 4.69) is 16.0 Å². The number of benzene rings is 2. The Morgan fingerprint density at radius 3 is 2.45 bits per heavy atom. The highest BCUT2D eigenvalue weighted by molar-refractivity contribution is 7.80. The van der Waals surface area contributed by atoms with Gasteiger partial charge in [0.25, 0.3) is 11.6 Å². The summed E-state index contributed by atoms with van der Waals surface area (Å²) in [5.74, 6) is -0.681. The summed E-state index contributed by atoms with van der Waals surface area (Å²) >= 11 is 11.1. The third-order valence-corrected chi connectivity index (χ3v) is 4.31. The molecular formula is C19H19ClN4O4S. The third kappa shape index (κ3) is 6.81. The van der Waals surface area contributed by atoms with Crippen molar-refractivity contribution >= 4 is 57.8 Å². The van der Waals surface area contributed by atoms with E-state index < -0.39 is 10.8 Å². The molecule has 2 aromatic rings. The molecule has 29 heavy (non-hydrogen) atoms. The van der Waals surface area contributed by atoms with Crippen molar-refractivity contribution in [2.75, 3.05) is 10.6 Å². The summed E-state index contributed by atoms with van der Waals surface area (Å²) in [7, 11) is 0. The summed E-state index contributed by atoms with van der Waals surface area (Å²) in [5.41, 5.74) is 1.01. The van der Waals surface area contributed by atoms with Crippen LogP contribution in [0.3, 0.4) is 0 Å². The minimum absolute atomic E-state index is 0.0129. The number of non-ortho nitro benzene ring substituents is 1. The summed E-state index contributed by atoms with van der Waals surface area (Å²) in [5, 5.41) is 18.8. The van der Waals surface area contributed by atoms with Gasteiger partial charge in [0.2, 0.25) is 5.91 Å². The van der Waals surface area contributed by atoms with Crippen molar-refractivity contribution in [3.63, 3.8) is 0 Å². The molecule has 10 heteroatoms. The van der Waals surface area contributed by atoms with Gasteiger partial charge in [-0.1, -0.05) is 31.0 Å². The highest BCUT2D eigenvalue weighted by Crippen LogP contribution is 2.22. The summed E-state index contributed by atoms with van der Waals surface area (Å²) in [4.78, 5) is 34.3. The van der Waals surface area contributed by atoms with E-state index in [0.717, 1.165) is 18.9 Å². The lowest BCUT2D eigenvalue weighted by molar-refractivity contribution is -0.384. The Kier molecular flexibility index (Phi) is 8.05. The van der Waals surface area contributed by atoms with Crippen molar-refractivity contribution in [2.45, 2.75) is 26.2 Å². The molecule has 0 aliphatic rings. The Balaban J connectivity index is 1.98. The maximum Gasteiger partial charge on any atom is 0.270 e. The number of nitrogens with zero attached hydrogens (tertiary/aromatic N) is 1.